The predicted octanol–water partition coefficient (Wildman–Crippen LogP) is 4.75. The van der Waals surface area contributed by atoms with E-state index in [0.717, 1.165) is 5.92 Å². The van der Waals surface area contributed by atoms with Gasteiger partial charge in [0.05, 0.1) is 0 Å². The van der Waals surface area contributed by atoms with Crippen molar-refractivity contribution in [3.63, 3.8) is 0 Å². The van der Waals surface area contributed by atoms with Gasteiger partial charge in [0.1, 0.15) is 0 Å². The maximum Gasteiger partial charge on any atom is 0.0116 e. The third kappa shape index (κ3) is 1.19. The molecular weight excluding hydrogens is 260 g/mol. The largest absolute Gasteiger partial charge is 0.0620 e. The second-order valence-corrected chi connectivity index (χ2v) is 8.10. The molecule has 0 nitrogen and oxygen atoms in total. The lowest BCUT2D eigenvalue weighted by molar-refractivity contribution is 0.142. The predicted molar refractivity (Wildman–Crippen MR) is 87.0 cm³/mol. The molecule has 104 valence electrons. The Balaban J connectivity index is 1.92. The highest BCUT2D eigenvalue weighted by atomic mass is 32.1. The van der Waals surface area contributed by atoms with Crippen molar-refractivity contribution in [1.82, 2.24) is 0 Å². The van der Waals surface area contributed by atoms with Gasteiger partial charge in [0, 0.05) is 10.8 Å². The Labute approximate surface area is 127 Å². The minimum absolute atomic E-state index is 0.265. The van der Waals surface area contributed by atoms with Gasteiger partial charge in [-0.2, -0.15) is 0 Å². The van der Waals surface area contributed by atoms with Crippen LogP contribution in [0.15, 0.2) is 29.8 Å². The van der Waals surface area contributed by atoms with Crippen LogP contribution < -0.4 is 0 Å². The van der Waals surface area contributed by atoms with Gasteiger partial charge in [0.15, 0.2) is 0 Å². The minimum atomic E-state index is 0.265. The molecule has 0 radical (unpaired) electrons. The van der Waals surface area contributed by atoms with E-state index in [2.05, 4.69) is 50.1 Å². The van der Waals surface area contributed by atoms with E-state index < -0.39 is 0 Å². The van der Waals surface area contributed by atoms with E-state index in [1.807, 2.05) is 0 Å². The summed E-state index contributed by atoms with van der Waals surface area (Å²) in [5.74, 6) is 0.762. The number of thiocarbonyl (C=S) groups is 1. The summed E-state index contributed by atoms with van der Waals surface area (Å²) in [4.78, 5) is 0. The van der Waals surface area contributed by atoms with E-state index in [-0.39, 0.29) is 10.8 Å². The molecule has 2 unspecified atom stereocenters. The van der Waals surface area contributed by atoms with Crippen molar-refractivity contribution in [3.8, 4) is 0 Å². The Bertz CT molecular complexity index is 622. The third-order valence-electron chi connectivity index (χ3n) is 7.18. The van der Waals surface area contributed by atoms with E-state index in [4.69, 9.17) is 12.2 Å². The fourth-order valence-electron chi connectivity index (χ4n) is 5.92. The lowest BCUT2D eigenvalue weighted by Gasteiger charge is -2.38. The molecule has 1 heteroatoms. The van der Waals surface area contributed by atoms with Crippen molar-refractivity contribution in [3.05, 3.63) is 41.0 Å². The van der Waals surface area contributed by atoms with Crippen LogP contribution in [0, 0.1) is 22.2 Å². The average Bonchev–Trinajstić information content (AvgIpc) is 2.91. The van der Waals surface area contributed by atoms with E-state index in [1.54, 1.807) is 11.1 Å². The Hall–Kier alpha value is -0.910. The van der Waals surface area contributed by atoms with Crippen LogP contribution in [0.4, 0.5) is 0 Å². The summed E-state index contributed by atoms with van der Waals surface area (Å²) in [5.41, 5.74) is 5.46. The molecule has 0 aromatic heterocycles. The molecular formula is C19H22S. The van der Waals surface area contributed by atoms with Crippen LogP contribution in [0.2, 0.25) is 0 Å². The quantitative estimate of drug-likeness (QED) is 0.619. The molecule has 0 aliphatic heterocycles. The molecule has 1 aromatic carbocycles. The van der Waals surface area contributed by atoms with Crippen molar-refractivity contribution in [2.24, 2.45) is 22.2 Å². The first-order valence-electron chi connectivity index (χ1n) is 7.78. The highest BCUT2D eigenvalue weighted by Gasteiger charge is 2.70. The monoisotopic (exact) mass is 282 g/mol. The van der Waals surface area contributed by atoms with E-state index in [9.17, 15) is 0 Å². The number of hydrogen-bond donors (Lipinski definition) is 0. The minimum Gasteiger partial charge on any atom is -0.0620 e. The number of fused-ring (bicyclic) bond motifs is 4. The first kappa shape index (κ1) is 12.8. The standard InChI is InChI=1S/C19H22S/c1-17(2)15-8-9-18(17,3)16(12-20)19(15)10-13-6-4-5-7-14(13)11-19/h4-7,15H,8-11H2,1-3H3. The third-order valence-corrected chi connectivity index (χ3v) is 7.38. The smallest absolute Gasteiger partial charge is 0.0116 e. The first-order valence-corrected chi connectivity index (χ1v) is 8.19. The van der Waals surface area contributed by atoms with Gasteiger partial charge in [-0.05, 0) is 71.0 Å². The molecule has 3 aliphatic rings. The highest BCUT2D eigenvalue weighted by molar-refractivity contribution is 7.78. The van der Waals surface area contributed by atoms with Gasteiger partial charge in [-0.1, -0.05) is 45.0 Å². The van der Waals surface area contributed by atoms with Crippen molar-refractivity contribution in [2.45, 2.75) is 46.5 Å². The molecule has 2 saturated carbocycles. The number of hydrogen-bond acceptors (Lipinski definition) is 1. The van der Waals surface area contributed by atoms with Crippen LogP contribution in [-0.4, -0.2) is 5.02 Å². The summed E-state index contributed by atoms with van der Waals surface area (Å²) < 4.78 is 0. The highest BCUT2D eigenvalue weighted by Crippen LogP contribution is 2.76. The maximum absolute atomic E-state index is 5.38. The zero-order valence-electron chi connectivity index (χ0n) is 12.6. The van der Waals surface area contributed by atoms with Gasteiger partial charge in [-0.25, -0.2) is 0 Å². The zero-order chi connectivity index (χ0) is 14.2. The van der Waals surface area contributed by atoms with Crippen molar-refractivity contribution >= 4 is 17.2 Å². The van der Waals surface area contributed by atoms with Crippen molar-refractivity contribution in [2.75, 3.05) is 0 Å². The molecule has 4 rings (SSSR count). The molecule has 20 heavy (non-hydrogen) atoms. The Morgan fingerprint density at radius 1 is 1.10 bits per heavy atom. The van der Waals surface area contributed by atoms with Gasteiger partial charge in [0.25, 0.3) is 0 Å². The lowest BCUT2D eigenvalue weighted by atomic mass is 9.65. The molecule has 2 atom stereocenters. The van der Waals surface area contributed by atoms with E-state index in [0.29, 0.717) is 5.41 Å². The lowest BCUT2D eigenvalue weighted by Crippen LogP contribution is -2.33. The second-order valence-electron chi connectivity index (χ2n) is 7.90. The molecule has 0 heterocycles. The second kappa shape index (κ2) is 3.64. The molecule has 1 aromatic rings. The van der Waals surface area contributed by atoms with Crippen LogP contribution in [0.1, 0.15) is 44.7 Å². The van der Waals surface area contributed by atoms with E-state index >= 15 is 0 Å². The fourth-order valence-corrected chi connectivity index (χ4v) is 6.35. The molecule has 0 amide bonds. The number of allylic oxidation sites excluding steroid dienone is 1. The van der Waals surface area contributed by atoms with Crippen molar-refractivity contribution in [1.29, 1.82) is 0 Å². The van der Waals surface area contributed by atoms with Gasteiger partial charge in [0.2, 0.25) is 0 Å². The number of benzene rings is 1. The molecule has 1 spiro atoms. The average molecular weight is 282 g/mol. The summed E-state index contributed by atoms with van der Waals surface area (Å²) in [5, 5.41) is 3.26. The molecule has 3 aliphatic carbocycles. The zero-order valence-corrected chi connectivity index (χ0v) is 13.4. The molecule has 2 fully saturated rings. The summed E-state index contributed by atoms with van der Waals surface area (Å²) in [6, 6.07) is 8.98. The Kier molecular flexibility index (Phi) is 2.33. The molecule has 0 N–H and O–H groups in total. The van der Waals surface area contributed by atoms with Crippen LogP contribution in [0.5, 0.6) is 0 Å². The number of rotatable bonds is 0. The normalized spacial score (nSPS) is 35.4. The van der Waals surface area contributed by atoms with Crippen molar-refractivity contribution < 1.29 is 0 Å². The van der Waals surface area contributed by atoms with Crippen LogP contribution in [0.3, 0.4) is 0 Å². The topological polar surface area (TPSA) is 0 Å². The summed E-state index contributed by atoms with van der Waals surface area (Å²) in [6.07, 6.45) is 5.03. The molecule has 2 bridgehead atoms. The Morgan fingerprint density at radius 2 is 1.70 bits per heavy atom. The van der Waals surface area contributed by atoms with Gasteiger partial charge < -0.3 is 0 Å². The summed E-state index contributed by atoms with van der Waals surface area (Å²) in [6.45, 7) is 7.38. The molecule has 0 saturated heterocycles. The van der Waals surface area contributed by atoms with Gasteiger partial charge in [-0.15, -0.1) is 0 Å². The van der Waals surface area contributed by atoms with Crippen LogP contribution >= 0.6 is 12.2 Å². The van der Waals surface area contributed by atoms with Crippen LogP contribution in [-0.2, 0) is 12.8 Å². The maximum atomic E-state index is 5.38. The van der Waals surface area contributed by atoms with E-state index in [1.165, 1.54) is 31.3 Å². The van der Waals surface area contributed by atoms with Gasteiger partial charge >= 0.3 is 0 Å². The van der Waals surface area contributed by atoms with Gasteiger partial charge in [-0.3, -0.25) is 0 Å². The SMILES string of the molecule is CC12CCC(C3(Cc4ccccc4C3)C1=C=S)C2(C)C. The summed E-state index contributed by atoms with van der Waals surface area (Å²) >= 11 is 5.38. The fraction of sp³-hybridized carbons (Fsp3) is 0.579. The first-order chi connectivity index (χ1) is 9.46. The summed E-state index contributed by atoms with van der Waals surface area (Å²) in [7, 11) is 0. The van der Waals surface area contributed by atoms with Crippen LogP contribution in [0.25, 0.3) is 0 Å². The Morgan fingerprint density at radius 3 is 2.25 bits per heavy atom.